The van der Waals surface area contributed by atoms with Crippen molar-refractivity contribution in [1.82, 2.24) is 5.32 Å². The van der Waals surface area contributed by atoms with Crippen LogP contribution >= 0.6 is 12.4 Å². The number of amides is 1. The topological polar surface area (TPSA) is 64.3 Å². The maximum atomic E-state index is 12.0. The number of hydrogen-bond acceptors (Lipinski definition) is 3. The minimum Gasteiger partial charge on any atom is -0.385 e. The van der Waals surface area contributed by atoms with Gasteiger partial charge in [0, 0.05) is 26.3 Å². The predicted molar refractivity (Wildman–Crippen MR) is 69.0 cm³/mol. The van der Waals surface area contributed by atoms with Crippen LogP contribution in [0.3, 0.4) is 0 Å². The van der Waals surface area contributed by atoms with Crippen molar-refractivity contribution in [3.63, 3.8) is 0 Å². The normalized spacial score (nSPS) is 34.5. The molecule has 0 heterocycles. The first-order valence-corrected chi connectivity index (χ1v) is 6.26. The van der Waals surface area contributed by atoms with Gasteiger partial charge in [0.25, 0.3) is 0 Å². The summed E-state index contributed by atoms with van der Waals surface area (Å²) in [6, 6.07) is 0.0983. The molecule has 2 fully saturated rings. The molecule has 0 aromatic heterocycles. The van der Waals surface area contributed by atoms with Gasteiger partial charge in [0.05, 0.1) is 5.92 Å². The summed E-state index contributed by atoms with van der Waals surface area (Å²) in [5.41, 5.74) is 6.11. The quantitative estimate of drug-likeness (QED) is 0.725. The van der Waals surface area contributed by atoms with E-state index in [1.807, 2.05) is 0 Å². The number of carbonyl (C=O) groups excluding carboxylic acids is 1. The van der Waals surface area contributed by atoms with E-state index in [-0.39, 0.29) is 30.3 Å². The molecule has 2 rings (SSSR count). The number of hydrogen-bond donors (Lipinski definition) is 2. The van der Waals surface area contributed by atoms with Crippen LogP contribution in [0.15, 0.2) is 0 Å². The van der Waals surface area contributed by atoms with E-state index < -0.39 is 0 Å². The van der Waals surface area contributed by atoms with Crippen LogP contribution in [0, 0.1) is 17.8 Å². The van der Waals surface area contributed by atoms with Gasteiger partial charge in [-0.3, -0.25) is 4.79 Å². The largest absolute Gasteiger partial charge is 0.385 e. The highest BCUT2D eigenvalue weighted by Gasteiger charge is 2.48. The number of carbonyl (C=O) groups is 1. The van der Waals surface area contributed by atoms with Crippen molar-refractivity contribution in [2.45, 2.75) is 31.7 Å². The van der Waals surface area contributed by atoms with Gasteiger partial charge in [0.1, 0.15) is 0 Å². The fourth-order valence-electron chi connectivity index (χ4n) is 3.27. The van der Waals surface area contributed by atoms with Gasteiger partial charge >= 0.3 is 0 Å². The van der Waals surface area contributed by atoms with Gasteiger partial charge in [-0.25, -0.2) is 0 Å². The Morgan fingerprint density at radius 3 is 2.71 bits per heavy atom. The van der Waals surface area contributed by atoms with E-state index in [0.29, 0.717) is 25.0 Å². The number of nitrogens with one attached hydrogen (secondary N) is 1. The summed E-state index contributed by atoms with van der Waals surface area (Å²) < 4.78 is 4.94. The van der Waals surface area contributed by atoms with Gasteiger partial charge in [-0.2, -0.15) is 0 Å². The molecular formula is C12H23ClN2O2. The molecule has 3 N–H and O–H groups in total. The van der Waals surface area contributed by atoms with Crippen LogP contribution in [0.4, 0.5) is 0 Å². The molecule has 2 saturated carbocycles. The lowest BCUT2D eigenvalue weighted by Crippen LogP contribution is -2.45. The molecule has 0 aromatic carbocycles. The van der Waals surface area contributed by atoms with Crippen molar-refractivity contribution < 1.29 is 9.53 Å². The van der Waals surface area contributed by atoms with E-state index in [1.54, 1.807) is 7.11 Å². The highest BCUT2D eigenvalue weighted by Crippen LogP contribution is 2.47. The Balaban J connectivity index is 0.00000144. The van der Waals surface area contributed by atoms with Crippen molar-refractivity contribution in [2.75, 3.05) is 20.3 Å². The van der Waals surface area contributed by atoms with E-state index >= 15 is 0 Å². The average Bonchev–Trinajstić information content (AvgIpc) is 2.84. The molecule has 0 saturated heterocycles. The zero-order valence-corrected chi connectivity index (χ0v) is 11.2. The van der Waals surface area contributed by atoms with Gasteiger partial charge in [-0.05, 0) is 37.5 Å². The lowest BCUT2D eigenvalue weighted by molar-refractivity contribution is -0.127. The number of halogens is 1. The van der Waals surface area contributed by atoms with Crippen molar-refractivity contribution in [2.24, 2.45) is 23.5 Å². The number of fused-ring (bicyclic) bond motifs is 2. The molecule has 2 aliphatic carbocycles. The first-order chi connectivity index (χ1) is 7.74. The summed E-state index contributed by atoms with van der Waals surface area (Å²) in [7, 11) is 1.67. The van der Waals surface area contributed by atoms with E-state index in [4.69, 9.17) is 10.5 Å². The lowest BCUT2D eigenvalue weighted by Gasteiger charge is -2.26. The Bertz CT molecular complexity index is 261. The molecular weight excluding hydrogens is 240 g/mol. The first-order valence-electron chi connectivity index (χ1n) is 6.26. The van der Waals surface area contributed by atoms with E-state index in [9.17, 15) is 4.79 Å². The predicted octanol–water partition coefficient (Wildman–Crippen LogP) is 0.934. The van der Waals surface area contributed by atoms with E-state index in [0.717, 1.165) is 12.8 Å². The van der Waals surface area contributed by atoms with Crippen LogP contribution in [-0.2, 0) is 9.53 Å². The molecule has 4 atom stereocenters. The van der Waals surface area contributed by atoms with Gasteiger partial charge in [0.15, 0.2) is 0 Å². The second-order valence-electron chi connectivity index (χ2n) is 5.07. The van der Waals surface area contributed by atoms with Crippen molar-refractivity contribution in [1.29, 1.82) is 0 Å². The Morgan fingerprint density at radius 1 is 1.41 bits per heavy atom. The second kappa shape index (κ2) is 6.57. The lowest BCUT2D eigenvalue weighted by atomic mass is 9.84. The minimum atomic E-state index is 0. The van der Waals surface area contributed by atoms with Gasteiger partial charge in [0.2, 0.25) is 5.91 Å². The van der Waals surface area contributed by atoms with Gasteiger partial charge in [-0.1, -0.05) is 0 Å². The average molecular weight is 263 g/mol. The minimum absolute atomic E-state index is 0. The number of methoxy groups -OCH3 is 1. The fraction of sp³-hybridized carbons (Fsp3) is 0.917. The Hall–Kier alpha value is -0.320. The zero-order valence-electron chi connectivity index (χ0n) is 10.4. The number of nitrogens with two attached hydrogens (primary N) is 1. The summed E-state index contributed by atoms with van der Waals surface area (Å²) in [6.45, 7) is 1.40. The highest BCUT2D eigenvalue weighted by molar-refractivity contribution is 5.85. The maximum Gasteiger partial charge on any atom is 0.224 e. The van der Waals surface area contributed by atoms with Crippen LogP contribution < -0.4 is 11.1 Å². The summed E-state index contributed by atoms with van der Waals surface area (Å²) in [5.74, 6) is 1.37. The highest BCUT2D eigenvalue weighted by atomic mass is 35.5. The maximum absolute atomic E-state index is 12.0. The van der Waals surface area contributed by atoms with Gasteiger partial charge < -0.3 is 15.8 Å². The third-order valence-electron chi connectivity index (χ3n) is 4.11. The Labute approximate surface area is 109 Å². The van der Waals surface area contributed by atoms with Crippen LogP contribution in [0.25, 0.3) is 0 Å². The monoisotopic (exact) mass is 262 g/mol. The number of ether oxygens (including phenoxy) is 1. The Kier molecular flexibility index (Phi) is 5.70. The standard InChI is InChI=1S/C12H22N2O2.ClH/c1-16-6-2-5-14-12(15)10-8-3-4-9(7-8)11(10)13;/h8-11H,2-7,13H2,1H3,(H,14,15);1H. The third kappa shape index (κ3) is 3.12. The molecule has 0 radical (unpaired) electrons. The SMILES string of the molecule is COCCCNC(=O)C1C2CCC(C2)C1N.Cl. The summed E-state index contributed by atoms with van der Waals surface area (Å²) >= 11 is 0. The summed E-state index contributed by atoms with van der Waals surface area (Å²) in [4.78, 5) is 12.0. The molecule has 0 aliphatic heterocycles. The molecule has 1 amide bonds. The Morgan fingerprint density at radius 2 is 2.12 bits per heavy atom. The number of rotatable bonds is 5. The second-order valence-corrected chi connectivity index (χ2v) is 5.07. The molecule has 4 nitrogen and oxygen atoms in total. The summed E-state index contributed by atoms with van der Waals surface area (Å²) in [5, 5.41) is 2.98. The smallest absolute Gasteiger partial charge is 0.224 e. The van der Waals surface area contributed by atoms with Crippen molar-refractivity contribution in [3.8, 4) is 0 Å². The molecule has 2 bridgehead atoms. The molecule has 2 aliphatic rings. The summed E-state index contributed by atoms with van der Waals surface area (Å²) in [6.07, 6.45) is 4.45. The molecule has 0 aromatic rings. The van der Waals surface area contributed by atoms with Gasteiger partial charge in [-0.15, -0.1) is 12.4 Å². The molecule has 100 valence electrons. The van der Waals surface area contributed by atoms with Crippen LogP contribution in [0.5, 0.6) is 0 Å². The molecule has 4 unspecified atom stereocenters. The van der Waals surface area contributed by atoms with Crippen LogP contribution in [0.1, 0.15) is 25.7 Å². The molecule has 5 heteroatoms. The molecule has 17 heavy (non-hydrogen) atoms. The molecule has 0 spiro atoms. The zero-order chi connectivity index (χ0) is 11.5. The van der Waals surface area contributed by atoms with Crippen LogP contribution in [-0.4, -0.2) is 32.2 Å². The van der Waals surface area contributed by atoms with Crippen molar-refractivity contribution in [3.05, 3.63) is 0 Å². The van der Waals surface area contributed by atoms with Crippen molar-refractivity contribution >= 4 is 18.3 Å². The fourth-order valence-corrected chi connectivity index (χ4v) is 3.27. The van der Waals surface area contributed by atoms with E-state index in [2.05, 4.69) is 5.32 Å². The van der Waals surface area contributed by atoms with E-state index in [1.165, 1.54) is 12.8 Å². The first kappa shape index (κ1) is 14.7. The van der Waals surface area contributed by atoms with Crippen LogP contribution in [0.2, 0.25) is 0 Å². The third-order valence-corrected chi connectivity index (χ3v) is 4.11.